The number of rotatable bonds is 7. The maximum absolute atomic E-state index is 13.7. The Morgan fingerprint density at radius 1 is 1.14 bits per heavy atom. The zero-order chi connectivity index (χ0) is 27.1. The highest BCUT2D eigenvalue weighted by atomic mass is 32.2. The van der Waals surface area contributed by atoms with Crippen molar-refractivity contribution in [3.05, 3.63) is 54.2 Å². The van der Waals surface area contributed by atoms with E-state index in [0.717, 1.165) is 13.0 Å². The van der Waals surface area contributed by atoms with Crippen LogP contribution in [0.4, 0.5) is 17.5 Å². The van der Waals surface area contributed by atoms with Crippen molar-refractivity contribution in [1.82, 2.24) is 15.0 Å². The van der Waals surface area contributed by atoms with Gasteiger partial charge in [-0.05, 0) is 76.4 Å². The third-order valence-corrected chi connectivity index (χ3v) is 8.35. The van der Waals surface area contributed by atoms with Crippen molar-refractivity contribution in [2.75, 3.05) is 21.5 Å². The lowest BCUT2D eigenvalue weighted by Gasteiger charge is -2.34. The van der Waals surface area contributed by atoms with Gasteiger partial charge < -0.3 is 16.4 Å². The molecule has 4 heterocycles. The lowest BCUT2D eigenvalue weighted by Crippen LogP contribution is -2.40. The molecule has 1 amide bonds. The highest BCUT2D eigenvalue weighted by Gasteiger charge is 2.39. The maximum atomic E-state index is 13.7. The first-order valence-corrected chi connectivity index (χ1v) is 13.6. The number of aromatic nitrogens is 3. The topological polar surface area (TPSA) is 148 Å². The van der Waals surface area contributed by atoms with Crippen LogP contribution in [0.5, 0.6) is 0 Å². The average Bonchev–Trinajstić information content (AvgIpc) is 3.10. The molecule has 1 aliphatic rings. The van der Waals surface area contributed by atoms with E-state index >= 15 is 0 Å². The van der Waals surface area contributed by atoms with Gasteiger partial charge in [0.2, 0.25) is 0 Å². The molecule has 0 aliphatic carbocycles. The van der Waals surface area contributed by atoms with Crippen molar-refractivity contribution in [3.63, 3.8) is 0 Å². The van der Waals surface area contributed by atoms with E-state index in [4.69, 9.17) is 16.5 Å². The summed E-state index contributed by atoms with van der Waals surface area (Å²) in [4.78, 5) is 27.8. The van der Waals surface area contributed by atoms with Crippen LogP contribution in [0.25, 0.3) is 11.3 Å². The lowest BCUT2D eigenvalue weighted by atomic mass is 9.97. The molecule has 1 atom stereocenters. The summed E-state index contributed by atoms with van der Waals surface area (Å²) in [6, 6.07) is 10.8. The van der Waals surface area contributed by atoms with Crippen LogP contribution in [0.1, 0.15) is 51.4 Å². The van der Waals surface area contributed by atoms with Crippen molar-refractivity contribution < 1.29 is 13.2 Å². The van der Waals surface area contributed by atoms with Gasteiger partial charge in [0.25, 0.3) is 15.9 Å². The summed E-state index contributed by atoms with van der Waals surface area (Å²) in [5.74, 6) is 0.603. The van der Waals surface area contributed by atoms with E-state index in [0.29, 0.717) is 28.6 Å². The van der Waals surface area contributed by atoms with Crippen molar-refractivity contribution in [3.8, 4) is 11.3 Å². The summed E-state index contributed by atoms with van der Waals surface area (Å²) in [5.41, 5.74) is 12.5. The Hall–Kier alpha value is -3.73. The van der Waals surface area contributed by atoms with E-state index in [1.165, 1.54) is 22.6 Å². The predicted octanol–water partition coefficient (Wildman–Crippen LogP) is 3.45. The Balaban J connectivity index is 1.90. The van der Waals surface area contributed by atoms with Crippen molar-refractivity contribution in [1.29, 1.82) is 0 Å². The summed E-state index contributed by atoms with van der Waals surface area (Å²) in [6.45, 7) is 10.6. The molecule has 37 heavy (non-hydrogen) atoms. The number of nitrogen functional groups attached to an aromatic ring is 1. The molecule has 11 heteroatoms. The summed E-state index contributed by atoms with van der Waals surface area (Å²) in [5, 5.41) is -0.177. The summed E-state index contributed by atoms with van der Waals surface area (Å²) in [6.07, 6.45) is 2.46. The summed E-state index contributed by atoms with van der Waals surface area (Å²) in [7, 11) is -4.11. The highest BCUT2D eigenvalue weighted by Crippen LogP contribution is 2.39. The molecule has 0 spiro atoms. The molecule has 1 fully saturated rings. The van der Waals surface area contributed by atoms with Crippen LogP contribution < -0.4 is 20.7 Å². The fourth-order valence-electron chi connectivity index (χ4n) is 5.04. The quantitative estimate of drug-likeness (QED) is 0.478. The van der Waals surface area contributed by atoms with Gasteiger partial charge in [-0.1, -0.05) is 13.0 Å². The van der Waals surface area contributed by atoms with E-state index in [1.807, 2.05) is 0 Å². The van der Waals surface area contributed by atoms with Gasteiger partial charge >= 0.3 is 0 Å². The lowest BCUT2D eigenvalue weighted by molar-refractivity contribution is 0.100. The van der Waals surface area contributed by atoms with E-state index in [-0.39, 0.29) is 22.2 Å². The molecule has 1 unspecified atom stereocenters. The smallest absolute Gasteiger partial charge is 0.283 e. The first-order chi connectivity index (χ1) is 17.3. The van der Waals surface area contributed by atoms with Gasteiger partial charge in [-0.25, -0.2) is 19.3 Å². The van der Waals surface area contributed by atoms with Crippen molar-refractivity contribution in [2.45, 2.75) is 57.6 Å². The average molecular weight is 524 g/mol. The second-order valence-corrected chi connectivity index (χ2v) is 12.1. The Morgan fingerprint density at radius 2 is 1.86 bits per heavy atom. The number of amides is 1. The van der Waals surface area contributed by atoms with Gasteiger partial charge in [-0.2, -0.15) is 8.42 Å². The number of carbonyl (C=O) groups is 1. The molecule has 1 aliphatic heterocycles. The van der Waals surface area contributed by atoms with Gasteiger partial charge in [0.05, 0.1) is 11.3 Å². The third-order valence-electron chi connectivity index (χ3n) is 6.48. The number of carbonyl (C=O) groups excluding carboxylic acids is 1. The van der Waals surface area contributed by atoms with Crippen LogP contribution in [-0.2, 0) is 10.0 Å². The summed E-state index contributed by atoms with van der Waals surface area (Å²) >= 11 is 0. The van der Waals surface area contributed by atoms with E-state index < -0.39 is 22.0 Å². The van der Waals surface area contributed by atoms with Gasteiger partial charge in [-0.3, -0.25) is 4.79 Å². The van der Waals surface area contributed by atoms with Gasteiger partial charge in [0.15, 0.2) is 10.8 Å². The van der Waals surface area contributed by atoms with E-state index in [9.17, 15) is 13.2 Å². The Morgan fingerprint density at radius 3 is 2.46 bits per heavy atom. The second-order valence-electron chi connectivity index (χ2n) is 10.3. The molecule has 3 aromatic heterocycles. The predicted molar refractivity (Wildman–Crippen MR) is 145 cm³/mol. The van der Waals surface area contributed by atoms with Crippen LogP contribution >= 0.6 is 0 Å². The Kier molecular flexibility index (Phi) is 6.85. The first-order valence-electron chi connectivity index (χ1n) is 12.1. The van der Waals surface area contributed by atoms with Crippen molar-refractivity contribution >= 4 is 33.4 Å². The van der Waals surface area contributed by atoms with Gasteiger partial charge in [-0.15, -0.1) is 0 Å². The minimum absolute atomic E-state index is 0.0989. The largest absolute Gasteiger partial charge is 0.384 e. The normalized spacial score (nSPS) is 17.2. The first kappa shape index (κ1) is 26.3. The van der Waals surface area contributed by atoms with Gasteiger partial charge in [0.1, 0.15) is 11.6 Å². The third kappa shape index (κ3) is 4.95. The Bertz CT molecular complexity index is 1440. The van der Waals surface area contributed by atoms with Crippen LogP contribution in [-0.4, -0.2) is 47.4 Å². The maximum Gasteiger partial charge on any atom is 0.283 e. The molecule has 10 nitrogen and oxygen atoms in total. The zero-order valence-corrected chi connectivity index (χ0v) is 22.5. The fourth-order valence-corrected chi connectivity index (χ4v) is 6.64. The molecule has 0 aromatic carbocycles. The highest BCUT2D eigenvalue weighted by molar-refractivity contribution is 7.92. The van der Waals surface area contributed by atoms with Crippen LogP contribution in [0.2, 0.25) is 0 Å². The number of nitrogens with zero attached hydrogens (tertiary/aromatic N) is 5. The van der Waals surface area contributed by atoms with Crippen LogP contribution in [0, 0.1) is 5.92 Å². The number of hydrogen-bond donors (Lipinski definition) is 2. The molecule has 1 saturated heterocycles. The number of nitrogens with two attached hydrogens (primary N) is 2. The summed E-state index contributed by atoms with van der Waals surface area (Å²) < 4.78 is 28.7. The number of hydrogen-bond acceptors (Lipinski definition) is 8. The van der Waals surface area contributed by atoms with Crippen LogP contribution in [0.3, 0.4) is 0 Å². The monoisotopic (exact) mass is 523 g/mol. The SMILES string of the molecule is CC1CN(c2nc(-c3cccnc3N(C(C)C)S(=O)(=O)c3cccc(N)n3)ccc2C(N)=O)C(C)(C)C1. The molecule has 0 radical (unpaired) electrons. The minimum Gasteiger partial charge on any atom is -0.384 e. The second kappa shape index (κ2) is 9.62. The van der Waals surface area contributed by atoms with Crippen molar-refractivity contribution in [2.24, 2.45) is 11.7 Å². The number of pyridine rings is 3. The molecular formula is C26H33N7O3S. The zero-order valence-electron chi connectivity index (χ0n) is 21.7. The van der Waals surface area contributed by atoms with E-state index in [2.05, 4.69) is 35.6 Å². The molecule has 4 N–H and O–H groups in total. The van der Waals surface area contributed by atoms with E-state index in [1.54, 1.807) is 44.2 Å². The molecule has 0 bridgehead atoms. The fraction of sp³-hybridized carbons (Fsp3) is 0.385. The Labute approximate surface area is 217 Å². The molecule has 4 rings (SSSR count). The number of anilines is 3. The van der Waals surface area contributed by atoms with Crippen LogP contribution in [0.15, 0.2) is 53.7 Å². The molecule has 0 saturated carbocycles. The standard InChI is InChI=1S/C26H33N7O3S/c1-16(2)33(37(35,36)22-10-6-9-21(27)31-22)24-18(8-7-13-29-24)20-12-11-19(23(28)34)25(30-20)32-15-17(3)14-26(32,4)5/h6-13,16-17H,14-15H2,1-5H3,(H2,27,31)(H2,28,34). The van der Waals surface area contributed by atoms with Gasteiger partial charge in [0, 0.05) is 29.9 Å². The molecule has 3 aromatic rings. The minimum atomic E-state index is -4.11. The molecule has 196 valence electrons. The number of sulfonamides is 1. The number of primary amides is 1. The molecular weight excluding hydrogens is 490 g/mol.